The Morgan fingerprint density at radius 2 is 1.74 bits per heavy atom. The zero-order valence-corrected chi connectivity index (χ0v) is 20.1. The first-order valence-corrected chi connectivity index (χ1v) is 12.6. The summed E-state index contributed by atoms with van der Waals surface area (Å²) in [6.45, 7) is 5.96. The highest BCUT2D eigenvalue weighted by Gasteiger charge is 2.17. The molecule has 1 atom stereocenters. The zero-order chi connectivity index (χ0) is 23.3. The first kappa shape index (κ1) is 22.8. The van der Waals surface area contributed by atoms with Gasteiger partial charge in [0.25, 0.3) is 0 Å². The number of morpholine rings is 1. The average Bonchev–Trinajstić information content (AvgIpc) is 2.87. The Kier molecular flexibility index (Phi) is 7.04. The van der Waals surface area contributed by atoms with Gasteiger partial charge in [0.15, 0.2) is 0 Å². The molecule has 0 saturated carbocycles. The summed E-state index contributed by atoms with van der Waals surface area (Å²) >= 11 is 1.47. The largest absolute Gasteiger partial charge is 0.379 e. The molecule has 0 radical (unpaired) electrons. The van der Waals surface area contributed by atoms with Crippen molar-refractivity contribution in [3.63, 3.8) is 0 Å². The van der Waals surface area contributed by atoms with Crippen LogP contribution in [0.15, 0.2) is 71.8 Å². The highest BCUT2D eigenvalue weighted by Crippen LogP contribution is 2.27. The summed E-state index contributed by atoms with van der Waals surface area (Å²) in [6, 6.07) is 22.4. The Labute approximate surface area is 203 Å². The molecule has 0 aliphatic carbocycles. The Balaban J connectivity index is 1.29. The third-order valence-corrected chi connectivity index (χ3v) is 7.08. The van der Waals surface area contributed by atoms with Crippen molar-refractivity contribution < 1.29 is 9.53 Å². The minimum absolute atomic E-state index is 0.0112. The van der Waals surface area contributed by atoms with Crippen molar-refractivity contribution in [3.8, 4) is 0 Å². The molecule has 1 N–H and O–H groups in total. The standard InChI is InChI=1S/C27H28N4O2S/c1-19(21-11-6-8-20-7-2-3-9-22(20)21)28-26(32)18-34-27-23-10-4-5-12-24(23)29-25(30-27)17-31-13-15-33-16-14-31/h2-12,19H,13-18H2,1H3,(H,28,32)/t19-/m1/s1. The van der Waals surface area contributed by atoms with Crippen molar-refractivity contribution in [1.82, 2.24) is 20.2 Å². The van der Waals surface area contributed by atoms with Crippen LogP contribution in [-0.2, 0) is 16.1 Å². The first-order valence-electron chi connectivity index (χ1n) is 11.6. The number of benzene rings is 3. The van der Waals surface area contributed by atoms with Gasteiger partial charge in [0.1, 0.15) is 10.9 Å². The van der Waals surface area contributed by atoms with Gasteiger partial charge in [-0.15, -0.1) is 0 Å². The molecule has 7 heteroatoms. The average molecular weight is 473 g/mol. The number of para-hydroxylation sites is 1. The van der Waals surface area contributed by atoms with Crippen LogP contribution in [0.4, 0.5) is 0 Å². The van der Waals surface area contributed by atoms with Crippen molar-refractivity contribution in [2.45, 2.75) is 24.5 Å². The van der Waals surface area contributed by atoms with Crippen molar-refractivity contribution in [1.29, 1.82) is 0 Å². The molecule has 0 spiro atoms. The molecule has 0 bridgehead atoms. The maximum Gasteiger partial charge on any atom is 0.230 e. The second-order valence-electron chi connectivity index (χ2n) is 8.50. The van der Waals surface area contributed by atoms with Crippen LogP contribution in [0.2, 0.25) is 0 Å². The molecular formula is C27H28N4O2S. The molecule has 1 aliphatic heterocycles. The van der Waals surface area contributed by atoms with E-state index in [4.69, 9.17) is 14.7 Å². The minimum atomic E-state index is -0.0850. The molecule has 3 aromatic carbocycles. The van der Waals surface area contributed by atoms with Gasteiger partial charge in [-0.1, -0.05) is 72.4 Å². The van der Waals surface area contributed by atoms with E-state index in [1.54, 1.807) is 0 Å². The fraction of sp³-hybridized carbons (Fsp3) is 0.296. The van der Waals surface area contributed by atoms with Crippen LogP contribution in [0.1, 0.15) is 24.4 Å². The lowest BCUT2D eigenvalue weighted by Gasteiger charge is -2.25. The Morgan fingerprint density at radius 3 is 2.59 bits per heavy atom. The van der Waals surface area contributed by atoms with Gasteiger partial charge in [-0.2, -0.15) is 0 Å². The number of fused-ring (bicyclic) bond motifs is 2. The molecular weight excluding hydrogens is 444 g/mol. The van der Waals surface area contributed by atoms with Gasteiger partial charge < -0.3 is 10.1 Å². The summed E-state index contributed by atoms with van der Waals surface area (Å²) in [7, 11) is 0. The van der Waals surface area contributed by atoms with E-state index in [1.807, 2.05) is 49.4 Å². The first-order chi connectivity index (χ1) is 16.7. The number of ether oxygens (including phenoxy) is 1. The maximum atomic E-state index is 12.9. The van der Waals surface area contributed by atoms with Gasteiger partial charge in [-0.05, 0) is 29.3 Å². The number of hydrogen-bond acceptors (Lipinski definition) is 6. The lowest BCUT2D eigenvalue weighted by Crippen LogP contribution is -2.36. The second-order valence-corrected chi connectivity index (χ2v) is 9.46. The molecule has 1 amide bonds. The molecule has 2 heterocycles. The quantitative estimate of drug-likeness (QED) is 0.314. The monoisotopic (exact) mass is 472 g/mol. The molecule has 5 rings (SSSR count). The molecule has 1 saturated heterocycles. The van der Waals surface area contributed by atoms with Crippen molar-refractivity contribution in [2.24, 2.45) is 0 Å². The Morgan fingerprint density at radius 1 is 1.00 bits per heavy atom. The summed E-state index contributed by atoms with van der Waals surface area (Å²) in [4.78, 5) is 24.8. The predicted octanol–water partition coefficient (Wildman–Crippen LogP) is 4.58. The van der Waals surface area contributed by atoms with Crippen LogP contribution >= 0.6 is 11.8 Å². The van der Waals surface area contributed by atoms with E-state index in [0.29, 0.717) is 12.3 Å². The van der Waals surface area contributed by atoms with Crippen LogP contribution in [0.3, 0.4) is 0 Å². The zero-order valence-electron chi connectivity index (χ0n) is 19.2. The van der Waals surface area contributed by atoms with Crippen molar-refractivity contribution in [2.75, 3.05) is 32.1 Å². The van der Waals surface area contributed by atoms with E-state index in [0.717, 1.165) is 53.6 Å². The van der Waals surface area contributed by atoms with Crippen LogP contribution < -0.4 is 5.32 Å². The summed E-state index contributed by atoms with van der Waals surface area (Å²) < 4.78 is 5.45. The topological polar surface area (TPSA) is 67.4 Å². The number of amides is 1. The van der Waals surface area contributed by atoms with Crippen LogP contribution in [-0.4, -0.2) is 52.8 Å². The van der Waals surface area contributed by atoms with E-state index in [-0.39, 0.29) is 11.9 Å². The van der Waals surface area contributed by atoms with Gasteiger partial charge in [-0.25, -0.2) is 9.97 Å². The fourth-order valence-electron chi connectivity index (χ4n) is 4.36. The summed E-state index contributed by atoms with van der Waals surface area (Å²) in [5.74, 6) is 1.07. The number of nitrogens with zero attached hydrogens (tertiary/aromatic N) is 3. The SMILES string of the molecule is C[C@@H](NC(=O)CSc1nc(CN2CCOCC2)nc2ccccc12)c1cccc2ccccc12. The number of rotatable bonds is 7. The minimum Gasteiger partial charge on any atom is -0.379 e. The number of hydrogen-bond donors (Lipinski definition) is 1. The maximum absolute atomic E-state index is 12.9. The third-order valence-electron chi connectivity index (χ3n) is 6.09. The molecule has 174 valence electrons. The number of carbonyl (C=O) groups excluding carboxylic acids is 1. The van der Waals surface area contributed by atoms with E-state index in [2.05, 4.69) is 34.5 Å². The Hall–Kier alpha value is -3.00. The van der Waals surface area contributed by atoms with Gasteiger partial charge in [0, 0.05) is 18.5 Å². The lowest BCUT2D eigenvalue weighted by atomic mass is 10.00. The molecule has 1 aromatic heterocycles. The van der Waals surface area contributed by atoms with Crippen molar-refractivity contribution in [3.05, 3.63) is 78.1 Å². The normalized spacial score (nSPS) is 15.4. The molecule has 34 heavy (non-hydrogen) atoms. The highest BCUT2D eigenvalue weighted by molar-refractivity contribution is 8.00. The number of carbonyl (C=O) groups is 1. The Bertz CT molecular complexity index is 1300. The molecule has 1 fully saturated rings. The van der Waals surface area contributed by atoms with Gasteiger partial charge in [0.05, 0.1) is 37.1 Å². The number of aromatic nitrogens is 2. The van der Waals surface area contributed by atoms with Gasteiger partial charge in [-0.3, -0.25) is 9.69 Å². The van der Waals surface area contributed by atoms with E-state index >= 15 is 0 Å². The van der Waals surface area contributed by atoms with Crippen LogP contribution in [0.5, 0.6) is 0 Å². The number of nitrogens with one attached hydrogen (secondary N) is 1. The summed E-state index contributed by atoms with van der Waals surface area (Å²) in [5, 5.41) is 7.33. The van der Waals surface area contributed by atoms with Crippen LogP contribution in [0, 0.1) is 0 Å². The van der Waals surface area contributed by atoms with Crippen molar-refractivity contribution >= 4 is 39.3 Å². The molecule has 4 aromatic rings. The molecule has 1 aliphatic rings. The second kappa shape index (κ2) is 10.5. The van der Waals surface area contributed by atoms with E-state index in [1.165, 1.54) is 22.5 Å². The van der Waals surface area contributed by atoms with Gasteiger partial charge in [0.2, 0.25) is 5.91 Å². The number of thioether (sulfide) groups is 1. The third kappa shape index (κ3) is 5.22. The highest BCUT2D eigenvalue weighted by atomic mass is 32.2. The summed E-state index contributed by atoms with van der Waals surface area (Å²) in [5.41, 5.74) is 2.03. The molecule has 6 nitrogen and oxygen atoms in total. The van der Waals surface area contributed by atoms with Crippen LogP contribution in [0.25, 0.3) is 21.7 Å². The smallest absolute Gasteiger partial charge is 0.230 e. The predicted molar refractivity (Wildman–Crippen MR) is 137 cm³/mol. The van der Waals surface area contributed by atoms with E-state index in [9.17, 15) is 4.79 Å². The fourth-order valence-corrected chi connectivity index (χ4v) is 5.21. The molecule has 0 unspecified atom stereocenters. The van der Waals surface area contributed by atoms with E-state index < -0.39 is 0 Å². The van der Waals surface area contributed by atoms with Gasteiger partial charge >= 0.3 is 0 Å². The lowest BCUT2D eigenvalue weighted by molar-refractivity contribution is -0.119. The summed E-state index contributed by atoms with van der Waals surface area (Å²) in [6.07, 6.45) is 0.